The van der Waals surface area contributed by atoms with Crippen molar-refractivity contribution in [2.24, 2.45) is 0 Å². The number of ketones is 1. The molecule has 0 aromatic heterocycles. The van der Waals surface area contributed by atoms with Crippen LogP contribution < -0.4 is 0 Å². The minimum atomic E-state index is -0.317. The Morgan fingerprint density at radius 2 is 1.71 bits per heavy atom. The Balaban J connectivity index is 2.46. The van der Waals surface area contributed by atoms with E-state index in [1.807, 2.05) is 26.0 Å². The largest absolute Gasteiger partial charge is 0.308 e. The molecule has 0 unspecified atom stereocenters. The minimum absolute atomic E-state index is 0.0197. The van der Waals surface area contributed by atoms with Crippen molar-refractivity contribution >= 4 is 5.78 Å². The Kier molecular flexibility index (Phi) is 5.25. The number of benzene rings is 1. The highest BCUT2D eigenvalue weighted by molar-refractivity contribution is 5.97. The van der Waals surface area contributed by atoms with Crippen LogP contribution in [0.1, 0.15) is 10.4 Å². The quantitative estimate of drug-likeness (QED) is 0.702. The SMILES string of the molecule is CN(C)CCN(C)CC(=O)c1ccc(F)cc1. The predicted molar refractivity (Wildman–Crippen MR) is 66.8 cm³/mol. The number of Topliss-reactive ketones (excluding diaryl/α,β-unsaturated/α-hetero) is 1. The molecule has 0 heterocycles. The van der Waals surface area contributed by atoms with Crippen LogP contribution in [0, 0.1) is 5.82 Å². The molecule has 3 nitrogen and oxygen atoms in total. The Bertz CT molecular complexity index is 362. The van der Waals surface area contributed by atoms with Gasteiger partial charge in [-0.05, 0) is 45.4 Å². The molecule has 1 rings (SSSR count). The molecule has 0 aliphatic heterocycles. The maximum absolute atomic E-state index is 12.7. The van der Waals surface area contributed by atoms with Crippen LogP contribution in [-0.4, -0.2) is 56.4 Å². The Morgan fingerprint density at radius 1 is 1.12 bits per heavy atom. The van der Waals surface area contributed by atoms with Crippen LogP contribution in [0.3, 0.4) is 0 Å². The number of carbonyl (C=O) groups is 1. The van der Waals surface area contributed by atoms with Gasteiger partial charge < -0.3 is 4.90 Å². The van der Waals surface area contributed by atoms with E-state index in [9.17, 15) is 9.18 Å². The van der Waals surface area contributed by atoms with Crippen molar-refractivity contribution in [3.8, 4) is 0 Å². The van der Waals surface area contributed by atoms with E-state index in [1.165, 1.54) is 24.3 Å². The standard InChI is InChI=1S/C13H19FN2O/c1-15(2)8-9-16(3)10-13(17)11-4-6-12(14)7-5-11/h4-7H,8-10H2,1-3H3. The zero-order chi connectivity index (χ0) is 12.8. The zero-order valence-corrected chi connectivity index (χ0v) is 10.6. The molecular weight excluding hydrogens is 219 g/mol. The first-order chi connectivity index (χ1) is 7.99. The lowest BCUT2D eigenvalue weighted by Gasteiger charge is -2.18. The van der Waals surface area contributed by atoms with Gasteiger partial charge in [0.2, 0.25) is 0 Å². The lowest BCUT2D eigenvalue weighted by molar-refractivity contribution is 0.0942. The fourth-order valence-electron chi connectivity index (χ4n) is 1.42. The van der Waals surface area contributed by atoms with Gasteiger partial charge >= 0.3 is 0 Å². The summed E-state index contributed by atoms with van der Waals surface area (Å²) in [4.78, 5) is 15.9. The summed E-state index contributed by atoms with van der Waals surface area (Å²) in [6.07, 6.45) is 0. The van der Waals surface area contributed by atoms with E-state index in [-0.39, 0.29) is 11.6 Å². The normalized spacial score (nSPS) is 11.2. The third-order valence-corrected chi connectivity index (χ3v) is 2.51. The molecular formula is C13H19FN2O. The first-order valence-electron chi connectivity index (χ1n) is 5.61. The lowest BCUT2D eigenvalue weighted by Crippen LogP contribution is -2.32. The second kappa shape index (κ2) is 6.47. The van der Waals surface area contributed by atoms with Crippen molar-refractivity contribution < 1.29 is 9.18 Å². The van der Waals surface area contributed by atoms with Crippen LogP contribution in [0.4, 0.5) is 4.39 Å². The van der Waals surface area contributed by atoms with Crippen molar-refractivity contribution in [1.29, 1.82) is 0 Å². The topological polar surface area (TPSA) is 23.6 Å². The molecule has 0 amide bonds. The number of nitrogens with zero attached hydrogens (tertiary/aromatic N) is 2. The number of hydrogen-bond donors (Lipinski definition) is 0. The third-order valence-electron chi connectivity index (χ3n) is 2.51. The summed E-state index contributed by atoms with van der Waals surface area (Å²) >= 11 is 0. The fraction of sp³-hybridized carbons (Fsp3) is 0.462. The Labute approximate surface area is 102 Å². The number of hydrogen-bond acceptors (Lipinski definition) is 3. The summed E-state index contributed by atoms with van der Waals surface area (Å²) in [6, 6.07) is 5.68. The van der Waals surface area contributed by atoms with E-state index in [2.05, 4.69) is 4.90 Å². The molecule has 0 bridgehead atoms. The van der Waals surface area contributed by atoms with Crippen molar-refractivity contribution in [3.05, 3.63) is 35.6 Å². The van der Waals surface area contributed by atoms with Crippen molar-refractivity contribution in [1.82, 2.24) is 9.80 Å². The lowest BCUT2D eigenvalue weighted by atomic mass is 10.1. The van der Waals surface area contributed by atoms with Gasteiger partial charge in [0.1, 0.15) is 5.82 Å². The van der Waals surface area contributed by atoms with Gasteiger partial charge in [0.25, 0.3) is 0 Å². The third kappa shape index (κ3) is 5.06. The number of halogens is 1. The molecule has 0 N–H and O–H groups in total. The number of likely N-dealkylation sites (N-methyl/N-ethyl adjacent to an activating group) is 2. The number of rotatable bonds is 6. The molecule has 1 aromatic rings. The number of carbonyl (C=O) groups excluding carboxylic acids is 1. The maximum Gasteiger partial charge on any atom is 0.176 e. The van der Waals surface area contributed by atoms with Gasteiger partial charge in [0, 0.05) is 18.7 Å². The van der Waals surface area contributed by atoms with Gasteiger partial charge in [-0.1, -0.05) is 0 Å². The molecule has 0 fully saturated rings. The van der Waals surface area contributed by atoms with Crippen LogP contribution in [-0.2, 0) is 0 Å². The van der Waals surface area contributed by atoms with Crippen LogP contribution in [0.25, 0.3) is 0 Å². The van der Waals surface area contributed by atoms with E-state index in [0.717, 1.165) is 13.1 Å². The van der Waals surface area contributed by atoms with Crippen LogP contribution in [0.2, 0.25) is 0 Å². The average molecular weight is 238 g/mol. The molecule has 0 aliphatic rings. The monoisotopic (exact) mass is 238 g/mol. The van der Waals surface area contributed by atoms with Crippen LogP contribution in [0.5, 0.6) is 0 Å². The van der Waals surface area contributed by atoms with Crippen LogP contribution >= 0.6 is 0 Å². The van der Waals surface area contributed by atoms with E-state index in [1.54, 1.807) is 0 Å². The fourth-order valence-corrected chi connectivity index (χ4v) is 1.42. The summed E-state index contributed by atoms with van der Waals surface area (Å²) in [7, 11) is 5.90. The summed E-state index contributed by atoms with van der Waals surface area (Å²) in [6.45, 7) is 2.10. The molecule has 0 saturated heterocycles. The van der Waals surface area contributed by atoms with Gasteiger partial charge in [0.05, 0.1) is 6.54 Å². The van der Waals surface area contributed by atoms with Gasteiger partial charge in [-0.3, -0.25) is 9.69 Å². The predicted octanol–water partition coefficient (Wildman–Crippen LogP) is 1.50. The second-order valence-corrected chi connectivity index (χ2v) is 4.47. The molecule has 0 spiro atoms. The molecule has 4 heteroatoms. The molecule has 0 aliphatic carbocycles. The van der Waals surface area contributed by atoms with E-state index in [0.29, 0.717) is 12.1 Å². The average Bonchev–Trinajstić information content (AvgIpc) is 2.27. The maximum atomic E-state index is 12.7. The molecule has 94 valence electrons. The van der Waals surface area contributed by atoms with E-state index >= 15 is 0 Å². The molecule has 1 aromatic carbocycles. The highest BCUT2D eigenvalue weighted by Crippen LogP contribution is 2.04. The van der Waals surface area contributed by atoms with Crippen LogP contribution in [0.15, 0.2) is 24.3 Å². The minimum Gasteiger partial charge on any atom is -0.308 e. The van der Waals surface area contributed by atoms with Gasteiger partial charge in [-0.2, -0.15) is 0 Å². The highest BCUT2D eigenvalue weighted by Gasteiger charge is 2.09. The first-order valence-corrected chi connectivity index (χ1v) is 5.61. The smallest absolute Gasteiger partial charge is 0.176 e. The summed E-state index contributed by atoms with van der Waals surface area (Å²) < 4.78 is 12.7. The van der Waals surface area contributed by atoms with Gasteiger partial charge in [0.15, 0.2) is 5.78 Å². The molecule has 17 heavy (non-hydrogen) atoms. The summed E-state index contributed by atoms with van der Waals surface area (Å²) in [5.41, 5.74) is 0.558. The Morgan fingerprint density at radius 3 is 2.24 bits per heavy atom. The van der Waals surface area contributed by atoms with E-state index < -0.39 is 0 Å². The van der Waals surface area contributed by atoms with Crippen molar-refractivity contribution in [2.75, 3.05) is 40.8 Å². The molecule has 0 saturated carbocycles. The Hall–Kier alpha value is -1.26. The molecule has 0 atom stereocenters. The van der Waals surface area contributed by atoms with Gasteiger partial charge in [-0.25, -0.2) is 4.39 Å². The van der Waals surface area contributed by atoms with Crippen molar-refractivity contribution in [3.63, 3.8) is 0 Å². The van der Waals surface area contributed by atoms with E-state index in [4.69, 9.17) is 0 Å². The molecule has 0 radical (unpaired) electrons. The zero-order valence-electron chi connectivity index (χ0n) is 10.6. The highest BCUT2D eigenvalue weighted by atomic mass is 19.1. The first kappa shape index (κ1) is 13.8. The summed E-state index contributed by atoms with van der Waals surface area (Å²) in [5.74, 6) is -0.297. The summed E-state index contributed by atoms with van der Waals surface area (Å²) in [5, 5.41) is 0. The second-order valence-electron chi connectivity index (χ2n) is 4.47. The van der Waals surface area contributed by atoms with Crippen molar-refractivity contribution in [2.45, 2.75) is 0 Å². The van der Waals surface area contributed by atoms with Gasteiger partial charge in [-0.15, -0.1) is 0 Å².